The van der Waals surface area contributed by atoms with Gasteiger partial charge in [-0.25, -0.2) is 4.98 Å². The van der Waals surface area contributed by atoms with Gasteiger partial charge in [-0.2, -0.15) is 0 Å². The molecule has 26 heavy (non-hydrogen) atoms. The molecule has 8 heteroatoms. The van der Waals surface area contributed by atoms with E-state index < -0.39 is 0 Å². The van der Waals surface area contributed by atoms with E-state index in [0.29, 0.717) is 18.2 Å². The van der Waals surface area contributed by atoms with E-state index in [1.807, 2.05) is 0 Å². The first-order valence-electron chi connectivity index (χ1n) is 8.85. The van der Waals surface area contributed by atoms with E-state index in [9.17, 15) is 14.4 Å². The van der Waals surface area contributed by atoms with Crippen LogP contribution in [0.2, 0.25) is 0 Å². The minimum atomic E-state index is -0.234. The van der Waals surface area contributed by atoms with Crippen LogP contribution >= 0.6 is 11.3 Å². The second-order valence-electron chi connectivity index (χ2n) is 7.11. The molecule has 0 saturated heterocycles. The molecule has 1 aliphatic carbocycles. The molecular weight excluding hydrogens is 352 g/mol. The number of aryl methyl sites for hydroxylation is 2. The lowest BCUT2D eigenvalue weighted by Crippen LogP contribution is -2.36. The highest BCUT2D eigenvalue weighted by Crippen LogP contribution is 2.35. The van der Waals surface area contributed by atoms with Crippen LogP contribution < -0.4 is 10.9 Å². The van der Waals surface area contributed by atoms with Gasteiger partial charge in [0.15, 0.2) is 0 Å². The van der Waals surface area contributed by atoms with E-state index in [1.165, 1.54) is 9.78 Å². The van der Waals surface area contributed by atoms with Gasteiger partial charge in [-0.3, -0.25) is 14.4 Å². The highest BCUT2D eigenvalue weighted by molar-refractivity contribution is 7.18. The number of amides is 2. The monoisotopic (exact) mass is 376 g/mol. The molecule has 0 unspecified atom stereocenters. The molecule has 2 amide bonds. The van der Waals surface area contributed by atoms with Gasteiger partial charge in [0.25, 0.3) is 5.56 Å². The van der Waals surface area contributed by atoms with Crippen LogP contribution in [0.3, 0.4) is 0 Å². The average Bonchev–Trinajstić information content (AvgIpc) is 2.95. The zero-order valence-electron chi connectivity index (χ0n) is 15.3. The molecule has 0 spiro atoms. The number of hydrogen-bond donors (Lipinski definition) is 2. The maximum absolute atomic E-state index is 12.5. The number of nitrogens with one attached hydrogen (secondary N) is 2. The largest absolute Gasteiger partial charge is 0.347 e. The Kier molecular flexibility index (Phi) is 5.41. The number of rotatable bonds is 5. The third kappa shape index (κ3) is 3.95. The van der Waals surface area contributed by atoms with Crippen LogP contribution in [-0.2, 0) is 28.9 Å². The van der Waals surface area contributed by atoms with Crippen LogP contribution in [0.5, 0.6) is 0 Å². The van der Waals surface area contributed by atoms with Crippen molar-refractivity contribution in [3.8, 4) is 0 Å². The summed E-state index contributed by atoms with van der Waals surface area (Å²) in [7, 11) is 3.28. The van der Waals surface area contributed by atoms with E-state index >= 15 is 0 Å². The molecule has 3 rings (SSSR count). The highest BCUT2D eigenvalue weighted by atomic mass is 32.1. The first kappa shape index (κ1) is 18.6. The van der Waals surface area contributed by atoms with E-state index in [2.05, 4.69) is 22.2 Å². The van der Waals surface area contributed by atoms with Gasteiger partial charge in [-0.15, -0.1) is 11.3 Å². The minimum absolute atomic E-state index is 0.0232. The molecule has 1 atom stereocenters. The van der Waals surface area contributed by atoms with Gasteiger partial charge in [0.05, 0.1) is 11.9 Å². The lowest BCUT2D eigenvalue weighted by molar-refractivity contribution is -0.130. The van der Waals surface area contributed by atoms with Crippen LogP contribution in [-0.4, -0.2) is 47.3 Å². The Balaban J connectivity index is 1.69. The van der Waals surface area contributed by atoms with Crippen molar-refractivity contribution in [3.63, 3.8) is 0 Å². The standard InChI is InChI=1S/C18H24N4O3S/c1-10-4-5-11-12(8-10)26-18-16(11)17(25)20-13(21-18)6-7-14(23)19-9-15(24)22(2)3/h10H,4-9H2,1-3H3,(H,19,23)(H,20,21,25)/t10-/m1/s1. The predicted octanol–water partition coefficient (Wildman–Crippen LogP) is 1.25. The SMILES string of the molecule is C[C@@H]1CCc2c(sc3nc(CCC(=O)NCC(=O)N(C)C)[nH]c(=O)c23)C1. The lowest BCUT2D eigenvalue weighted by atomic mass is 9.89. The topological polar surface area (TPSA) is 95.2 Å². The Morgan fingerprint density at radius 1 is 1.38 bits per heavy atom. The van der Waals surface area contributed by atoms with E-state index in [1.54, 1.807) is 25.4 Å². The summed E-state index contributed by atoms with van der Waals surface area (Å²) >= 11 is 1.60. The van der Waals surface area contributed by atoms with Crippen molar-refractivity contribution in [1.29, 1.82) is 0 Å². The Hall–Kier alpha value is -2.22. The maximum atomic E-state index is 12.5. The molecule has 0 fully saturated rings. The number of likely N-dealkylation sites (N-methyl/N-ethyl adjacent to an activating group) is 1. The quantitative estimate of drug-likeness (QED) is 0.821. The van der Waals surface area contributed by atoms with Crippen molar-refractivity contribution < 1.29 is 9.59 Å². The number of carbonyl (C=O) groups is 2. The normalized spacial score (nSPS) is 16.3. The Morgan fingerprint density at radius 2 is 2.15 bits per heavy atom. The summed E-state index contributed by atoms with van der Waals surface area (Å²) in [6.07, 6.45) is 3.56. The second kappa shape index (κ2) is 7.57. The van der Waals surface area contributed by atoms with Gasteiger partial charge in [0, 0.05) is 31.8 Å². The summed E-state index contributed by atoms with van der Waals surface area (Å²) in [4.78, 5) is 46.7. The summed E-state index contributed by atoms with van der Waals surface area (Å²) in [5.74, 6) is 0.762. The second-order valence-corrected chi connectivity index (χ2v) is 8.19. The predicted molar refractivity (Wildman–Crippen MR) is 101 cm³/mol. The van der Waals surface area contributed by atoms with Gasteiger partial charge < -0.3 is 15.2 Å². The van der Waals surface area contributed by atoms with Gasteiger partial charge in [0.2, 0.25) is 11.8 Å². The number of H-pyrrole nitrogens is 1. The number of fused-ring (bicyclic) bond motifs is 3. The van der Waals surface area contributed by atoms with Crippen LogP contribution in [0.1, 0.15) is 36.0 Å². The van der Waals surface area contributed by atoms with Crippen molar-refractivity contribution in [2.45, 2.75) is 39.0 Å². The summed E-state index contributed by atoms with van der Waals surface area (Å²) in [6, 6.07) is 0. The van der Waals surface area contributed by atoms with Crippen LogP contribution in [0.25, 0.3) is 10.2 Å². The molecule has 2 aromatic rings. The highest BCUT2D eigenvalue weighted by Gasteiger charge is 2.23. The molecule has 0 saturated carbocycles. The van der Waals surface area contributed by atoms with Crippen molar-refractivity contribution in [2.24, 2.45) is 5.92 Å². The third-order valence-electron chi connectivity index (χ3n) is 4.74. The number of hydrogen-bond acceptors (Lipinski definition) is 5. The molecule has 7 nitrogen and oxygen atoms in total. The molecule has 1 aliphatic rings. The molecular formula is C18H24N4O3S. The Bertz CT molecular complexity index is 900. The molecule has 0 bridgehead atoms. The molecule has 2 aromatic heterocycles. The van der Waals surface area contributed by atoms with E-state index in [0.717, 1.165) is 35.0 Å². The number of aromatic nitrogens is 2. The number of thiophene rings is 1. The van der Waals surface area contributed by atoms with E-state index in [-0.39, 0.29) is 30.3 Å². The zero-order valence-corrected chi connectivity index (χ0v) is 16.2. The third-order valence-corrected chi connectivity index (χ3v) is 5.89. The van der Waals surface area contributed by atoms with Crippen molar-refractivity contribution in [1.82, 2.24) is 20.2 Å². The average molecular weight is 376 g/mol. The summed E-state index contributed by atoms with van der Waals surface area (Å²) in [5.41, 5.74) is 1.04. The lowest BCUT2D eigenvalue weighted by Gasteiger charge is -2.17. The van der Waals surface area contributed by atoms with Crippen molar-refractivity contribution in [2.75, 3.05) is 20.6 Å². The van der Waals surface area contributed by atoms with Crippen LogP contribution in [0, 0.1) is 5.92 Å². The first-order valence-corrected chi connectivity index (χ1v) is 9.67. The van der Waals surface area contributed by atoms with Crippen LogP contribution in [0.4, 0.5) is 0 Å². The number of nitrogens with zero attached hydrogens (tertiary/aromatic N) is 2. The number of carbonyl (C=O) groups excluding carboxylic acids is 2. The summed E-state index contributed by atoms with van der Waals surface area (Å²) in [5, 5.41) is 3.31. The first-order chi connectivity index (χ1) is 12.3. The van der Waals surface area contributed by atoms with Gasteiger partial charge in [-0.1, -0.05) is 6.92 Å². The van der Waals surface area contributed by atoms with Crippen molar-refractivity contribution in [3.05, 3.63) is 26.6 Å². The van der Waals surface area contributed by atoms with Gasteiger partial charge in [0.1, 0.15) is 10.7 Å². The molecule has 0 radical (unpaired) electrons. The number of aromatic amines is 1. The van der Waals surface area contributed by atoms with E-state index in [4.69, 9.17) is 0 Å². The van der Waals surface area contributed by atoms with Crippen molar-refractivity contribution >= 4 is 33.4 Å². The van der Waals surface area contributed by atoms with Gasteiger partial charge >= 0.3 is 0 Å². The Labute approximate surface area is 155 Å². The molecule has 2 N–H and O–H groups in total. The smallest absolute Gasteiger partial charge is 0.259 e. The fourth-order valence-electron chi connectivity index (χ4n) is 3.16. The molecule has 140 valence electrons. The maximum Gasteiger partial charge on any atom is 0.259 e. The molecule has 2 heterocycles. The van der Waals surface area contributed by atoms with Gasteiger partial charge in [-0.05, 0) is 30.7 Å². The zero-order chi connectivity index (χ0) is 18.8. The summed E-state index contributed by atoms with van der Waals surface area (Å²) in [6.45, 7) is 2.21. The molecule has 0 aromatic carbocycles. The minimum Gasteiger partial charge on any atom is -0.347 e. The fraction of sp³-hybridized carbons (Fsp3) is 0.556. The fourth-order valence-corrected chi connectivity index (χ4v) is 4.57. The molecule has 0 aliphatic heterocycles. The van der Waals surface area contributed by atoms with Crippen LogP contribution in [0.15, 0.2) is 4.79 Å². The Morgan fingerprint density at radius 3 is 2.88 bits per heavy atom. The summed E-state index contributed by atoms with van der Waals surface area (Å²) < 4.78 is 0.